The molecule has 2 rings (SSSR count). The van der Waals surface area contributed by atoms with Crippen molar-refractivity contribution in [2.75, 3.05) is 7.11 Å². The van der Waals surface area contributed by atoms with Gasteiger partial charge in [0.25, 0.3) is 0 Å². The van der Waals surface area contributed by atoms with E-state index in [9.17, 15) is 0 Å². The van der Waals surface area contributed by atoms with Gasteiger partial charge in [0.1, 0.15) is 5.75 Å². The average Bonchev–Trinajstić information content (AvgIpc) is 2.47. The van der Waals surface area contributed by atoms with Crippen LogP contribution in [-0.2, 0) is 0 Å². The van der Waals surface area contributed by atoms with E-state index in [1.165, 1.54) is 16.7 Å². The number of aryl methyl sites for hydroxylation is 1. The zero-order valence-corrected chi connectivity index (χ0v) is 12.7. The highest BCUT2D eigenvalue weighted by atomic mass is 16.5. The van der Waals surface area contributed by atoms with Crippen LogP contribution in [0.1, 0.15) is 42.6 Å². The van der Waals surface area contributed by atoms with E-state index in [1.807, 2.05) is 12.1 Å². The molecule has 20 heavy (non-hydrogen) atoms. The highest BCUT2D eigenvalue weighted by Gasteiger charge is 2.15. The molecule has 0 aliphatic heterocycles. The predicted octanol–water partition coefficient (Wildman–Crippen LogP) is 4.42. The van der Waals surface area contributed by atoms with Gasteiger partial charge in [0.2, 0.25) is 0 Å². The summed E-state index contributed by atoms with van der Waals surface area (Å²) in [4.78, 5) is 0. The zero-order valence-electron chi connectivity index (χ0n) is 12.7. The fraction of sp³-hybridized carbons (Fsp3) is 0.333. The smallest absolute Gasteiger partial charge is 0.123 e. The van der Waals surface area contributed by atoms with Crippen LogP contribution in [0.5, 0.6) is 5.75 Å². The monoisotopic (exact) mass is 269 g/mol. The number of rotatable bonds is 5. The van der Waals surface area contributed by atoms with Crippen LogP contribution in [0.15, 0.2) is 48.5 Å². The summed E-state index contributed by atoms with van der Waals surface area (Å²) >= 11 is 0. The molecule has 0 saturated heterocycles. The highest BCUT2D eigenvalue weighted by Crippen LogP contribution is 2.27. The largest absolute Gasteiger partial charge is 0.496 e. The first-order chi connectivity index (χ1) is 9.63. The Balaban J connectivity index is 2.15. The van der Waals surface area contributed by atoms with Gasteiger partial charge in [-0.3, -0.25) is 0 Å². The summed E-state index contributed by atoms with van der Waals surface area (Å²) in [7, 11) is 1.72. The Bertz CT molecular complexity index is 565. The van der Waals surface area contributed by atoms with Crippen LogP contribution in [0.25, 0.3) is 0 Å². The van der Waals surface area contributed by atoms with E-state index in [1.54, 1.807) is 7.11 Å². The summed E-state index contributed by atoms with van der Waals surface area (Å²) < 4.78 is 5.44. The van der Waals surface area contributed by atoms with E-state index < -0.39 is 0 Å². The highest BCUT2D eigenvalue weighted by molar-refractivity contribution is 5.36. The first-order valence-electron chi connectivity index (χ1n) is 7.08. The lowest BCUT2D eigenvalue weighted by atomic mass is 10.00. The molecule has 2 heteroatoms. The van der Waals surface area contributed by atoms with Gasteiger partial charge in [0.05, 0.1) is 7.11 Å². The molecular formula is C18H23NO. The second kappa shape index (κ2) is 6.58. The van der Waals surface area contributed by atoms with Gasteiger partial charge in [-0.05, 0) is 38.0 Å². The zero-order chi connectivity index (χ0) is 14.5. The molecule has 0 fully saturated rings. The predicted molar refractivity (Wildman–Crippen MR) is 84.1 cm³/mol. The van der Waals surface area contributed by atoms with Gasteiger partial charge < -0.3 is 10.1 Å². The Labute approximate surface area is 121 Å². The topological polar surface area (TPSA) is 21.3 Å². The van der Waals surface area contributed by atoms with Crippen LogP contribution in [0.3, 0.4) is 0 Å². The van der Waals surface area contributed by atoms with Gasteiger partial charge in [0.15, 0.2) is 0 Å². The quantitative estimate of drug-likeness (QED) is 0.867. The number of ether oxygens (including phenoxy) is 1. The molecule has 0 aliphatic carbocycles. The maximum Gasteiger partial charge on any atom is 0.123 e. The molecule has 106 valence electrons. The Morgan fingerprint density at radius 3 is 2.05 bits per heavy atom. The molecule has 1 N–H and O–H groups in total. The second-order valence-corrected chi connectivity index (χ2v) is 5.21. The Hall–Kier alpha value is -1.80. The van der Waals surface area contributed by atoms with E-state index >= 15 is 0 Å². The van der Waals surface area contributed by atoms with Gasteiger partial charge in [-0.2, -0.15) is 0 Å². The van der Waals surface area contributed by atoms with Crippen molar-refractivity contribution in [1.82, 2.24) is 5.32 Å². The second-order valence-electron chi connectivity index (χ2n) is 5.21. The van der Waals surface area contributed by atoms with Crippen molar-refractivity contribution in [2.45, 2.75) is 32.9 Å². The van der Waals surface area contributed by atoms with Crippen molar-refractivity contribution < 1.29 is 4.74 Å². The van der Waals surface area contributed by atoms with Gasteiger partial charge in [-0.25, -0.2) is 0 Å². The molecule has 0 radical (unpaired) electrons. The van der Waals surface area contributed by atoms with Crippen LogP contribution in [-0.4, -0.2) is 7.11 Å². The minimum Gasteiger partial charge on any atom is -0.496 e. The third-order valence-corrected chi connectivity index (χ3v) is 3.76. The number of hydrogen-bond donors (Lipinski definition) is 1. The number of para-hydroxylation sites is 1. The number of benzene rings is 2. The number of nitrogens with one attached hydrogen (secondary N) is 1. The van der Waals surface area contributed by atoms with E-state index in [-0.39, 0.29) is 6.04 Å². The minimum atomic E-state index is 0.237. The molecule has 0 amide bonds. The molecule has 2 atom stereocenters. The summed E-state index contributed by atoms with van der Waals surface area (Å²) in [5.74, 6) is 0.935. The summed E-state index contributed by atoms with van der Waals surface area (Å²) in [5, 5.41) is 3.65. The normalized spacial score (nSPS) is 13.8. The SMILES string of the molecule is COc1ccccc1C(C)N[C@H](C)c1ccccc1C. The third kappa shape index (κ3) is 3.20. The maximum absolute atomic E-state index is 5.44. The van der Waals surface area contributed by atoms with Crippen LogP contribution in [0.2, 0.25) is 0 Å². The molecule has 0 aliphatic rings. The molecule has 0 aromatic heterocycles. The first kappa shape index (κ1) is 14.6. The molecule has 0 saturated carbocycles. The molecule has 0 bridgehead atoms. The fourth-order valence-electron chi connectivity index (χ4n) is 2.65. The molecule has 0 heterocycles. The maximum atomic E-state index is 5.44. The summed E-state index contributed by atoms with van der Waals surface area (Å²) in [5.41, 5.74) is 3.85. The molecule has 0 spiro atoms. The average molecular weight is 269 g/mol. The van der Waals surface area contributed by atoms with E-state index in [2.05, 4.69) is 62.5 Å². The van der Waals surface area contributed by atoms with Crippen molar-refractivity contribution in [3.63, 3.8) is 0 Å². The van der Waals surface area contributed by atoms with Crippen molar-refractivity contribution in [3.05, 3.63) is 65.2 Å². The van der Waals surface area contributed by atoms with Crippen LogP contribution < -0.4 is 10.1 Å². The van der Waals surface area contributed by atoms with E-state index in [0.29, 0.717) is 6.04 Å². The minimum absolute atomic E-state index is 0.237. The summed E-state index contributed by atoms with van der Waals surface area (Å²) in [6, 6.07) is 17.2. The van der Waals surface area contributed by atoms with E-state index in [0.717, 1.165) is 5.75 Å². The molecular weight excluding hydrogens is 246 g/mol. The standard InChI is InChI=1S/C18H23NO/c1-13-9-5-6-10-16(13)14(2)19-15(3)17-11-7-8-12-18(17)20-4/h5-12,14-15,19H,1-4H3/t14-,15?/m1/s1. The first-order valence-corrected chi connectivity index (χ1v) is 7.08. The Morgan fingerprint density at radius 1 is 0.850 bits per heavy atom. The van der Waals surface area contributed by atoms with Crippen molar-refractivity contribution in [1.29, 1.82) is 0 Å². The third-order valence-electron chi connectivity index (χ3n) is 3.76. The lowest BCUT2D eigenvalue weighted by molar-refractivity contribution is 0.396. The molecule has 2 nitrogen and oxygen atoms in total. The van der Waals surface area contributed by atoms with E-state index in [4.69, 9.17) is 4.74 Å². The summed E-state index contributed by atoms with van der Waals surface area (Å²) in [6.45, 7) is 6.53. The lowest BCUT2D eigenvalue weighted by Gasteiger charge is -2.23. The van der Waals surface area contributed by atoms with Crippen LogP contribution in [0.4, 0.5) is 0 Å². The van der Waals surface area contributed by atoms with Gasteiger partial charge in [-0.1, -0.05) is 42.5 Å². The molecule has 1 unspecified atom stereocenters. The van der Waals surface area contributed by atoms with Gasteiger partial charge in [-0.15, -0.1) is 0 Å². The van der Waals surface area contributed by atoms with Crippen molar-refractivity contribution in [3.8, 4) is 5.75 Å². The lowest BCUT2D eigenvalue weighted by Crippen LogP contribution is -2.23. The number of hydrogen-bond acceptors (Lipinski definition) is 2. The van der Waals surface area contributed by atoms with Gasteiger partial charge >= 0.3 is 0 Å². The Kier molecular flexibility index (Phi) is 4.80. The van der Waals surface area contributed by atoms with Crippen molar-refractivity contribution in [2.24, 2.45) is 0 Å². The van der Waals surface area contributed by atoms with Crippen LogP contribution >= 0.6 is 0 Å². The molecule has 2 aromatic carbocycles. The van der Waals surface area contributed by atoms with Gasteiger partial charge in [0, 0.05) is 17.6 Å². The van der Waals surface area contributed by atoms with Crippen LogP contribution in [0, 0.1) is 6.92 Å². The number of methoxy groups -OCH3 is 1. The summed E-state index contributed by atoms with van der Waals surface area (Å²) in [6.07, 6.45) is 0. The Morgan fingerprint density at radius 2 is 1.40 bits per heavy atom. The fourth-order valence-corrected chi connectivity index (χ4v) is 2.65. The van der Waals surface area contributed by atoms with Crippen molar-refractivity contribution >= 4 is 0 Å². The molecule has 2 aromatic rings.